The molecule has 0 unspecified atom stereocenters. The van der Waals surface area contributed by atoms with E-state index in [2.05, 4.69) is 45.2 Å². The quantitative estimate of drug-likeness (QED) is 0.471. The maximum atomic E-state index is 2.56. The second kappa shape index (κ2) is 3.58. The fraction of sp³-hybridized carbons (Fsp3) is 1.00. The lowest BCUT2D eigenvalue weighted by Crippen LogP contribution is -2.12. The largest absolute Gasteiger partial charge is 0.0826 e. The molecule has 0 spiro atoms. The Hall–Kier alpha value is 1.46. The van der Waals surface area contributed by atoms with Gasteiger partial charge < -0.3 is 0 Å². The van der Waals surface area contributed by atoms with Gasteiger partial charge in [-0.2, -0.15) is 0 Å². The lowest BCUT2D eigenvalue weighted by atomic mass is 10.0. The molecule has 0 aromatic carbocycles. The minimum absolute atomic E-state index is 0.985. The van der Waals surface area contributed by atoms with Crippen LogP contribution in [0.3, 0.4) is 0 Å². The molecule has 0 N–H and O–H groups in total. The highest BCUT2D eigenvalue weighted by molar-refractivity contribution is 14.1. The lowest BCUT2D eigenvalue weighted by Gasteiger charge is -2.19. The number of halogens is 2. The van der Waals surface area contributed by atoms with E-state index in [-0.39, 0.29) is 0 Å². The van der Waals surface area contributed by atoms with Gasteiger partial charge in [0.2, 0.25) is 0 Å². The molecule has 0 aliphatic heterocycles. The van der Waals surface area contributed by atoms with Crippen LogP contribution in [0, 0.1) is 0 Å². The molecule has 0 aromatic rings. The van der Waals surface area contributed by atoms with E-state index >= 15 is 0 Å². The molecule has 1 saturated carbocycles. The number of hydrogen-bond acceptors (Lipinski definition) is 0. The molecule has 0 nitrogen and oxygen atoms in total. The Morgan fingerprint density at radius 1 is 0.750 bits per heavy atom. The van der Waals surface area contributed by atoms with Gasteiger partial charge in [0.05, 0.1) is 0 Å². The highest BCUT2D eigenvalue weighted by atomic mass is 127. The van der Waals surface area contributed by atoms with Crippen molar-refractivity contribution in [2.75, 3.05) is 0 Å². The van der Waals surface area contributed by atoms with Crippen LogP contribution in [-0.4, -0.2) is 7.85 Å². The summed E-state index contributed by atoms with van der Waals surface area (Å²) >= 11 is 5.13. The normalized spacial score (nSPS) is 39.8. The Kier molecular flexibility index (Phi) is 3.39. The van der Waals surface area contributed by atoms with Crippen molar-refractivity contribution in [1.29, 1.82) is 0 Å². The predicted molar refractivity (Wildman–Crippen MR) is 54.1 cm³/mol. The molecule has 1 rings (SSSR count). The molecule has 0 atom stereocenters. The van der Waals surface area contributed by atoms with Crippen molar-refractivity contribution in [2.24, 2.45) is 0 Å². The van der Waals surface area contributed by atoms with Crippen LogP contribution < -0.4 is 0 Å². The van der Waals surface area contributed by atoms with Crippen molar-refractivity contribution in [3.63, 3.8) is 0 Å². The molecule has 0 bridgehead atoms. The van der Waals surface area contributed by atoms with Gasteiger partial charge in [-0.1, -0.05) is 45.2 Å². The van der Waals surface area contributed by atoms with Crippen molar-refractivity contribution in [3.05, 3.63) is 0 Å². The molecule has 2 heteroatoms. The van der Waals surface area contributed by atoms with Crippen LogP contribution in [0.25, 0.3) is 0 Å². The van der Waals surface area contributed by atoms with Gasteiger partial charge in [-0.3, -0.25) is 0 Å². The predicted octanol–water partition coefficient (Wildman–Crippen LogP) is 3.17. The van der Waals surface area contributed by atoms with Crippen LogP contribution in [0.2, 0.25) is 0 Å². The SMILES string of the molecule is IC1CCC(I)CC1. The zero-order chi connectivity index (χ0) is 5.98. The first-order chi connectivity index (χ1) is 3.79. The molecule has 0 radical (unpaired) electrons. The highest BCUT2D eigenvalue weighted by Gasteiger charge is 2.15. The van der Waals surface area contributed by atoms with Crippen LogP contribution in [0.15, 0.2) is 0 Å². The molecule has 8 heavy (non-hydrogen) atoms. The third-order valence-corrected chi connectivity index (χ3v) is 4.08. The maximum absolute atomic E-state index is 2.56. The van der Waals surface area contributed by atoms with E-state index in [4.69, 9.17) is 0 Å². The first-order valence-electron chi connectivity index (χ1n) is 3.07. The highest BCUT2D eigenvalue weighted by Crippen LogP contribution is 2.28. The van der Waals surface area contributed by atoms with Crippen LogP contribution in [0.1, 0.15) is 25.7 Å². The van der Waals surface area contributed by atoms with Crippen molar-refractivity contribution in [2.45, 2.75) is 33.5 Å². The molecule has 0 saturated heterocycles. The van der Waals surface area contributed by atoms with Gasteiger partial charge in [-0.15, -0.1) is 0 Å². The summed E-state index contributed by atoms with van der Waals surface area (Å²) in [5.74, 6) is 0. The lowest BCUT2D eigenvalue weighted by molar-refractivity contribution is 0.554. The van der Waals surface area contributed by atoms with E-state index in [1.807, 2.05) is 0 Å². The number of hydrogen-bond donors (Lipinski definition) is 0. The van der Waals surface area contributed by atoms with Crippen molar-refractivity contribution < 1.29 is 0 Å². The minimum Gasteiger partial charge on any atom is -0.0826 e. The molecular weight excluding hydrogens is 326 g/mol. The standard InChI is InChI=1S/C6H10I2/c7-5-1-2-6(8)4-3-5/h5-6H,1-4H2. The molecule has 0 aromatic heterocycles. The molecule has 1 aliphatic carbocycles. The van der Waals surface area contributed by atoms with Gasteiger partial charge in [-0.05, 0) is 25.7 Å². The third kappa shape index (κ3) is 2.37. The summed E-state index contributed by atoms with van der Waals surface area (Å²) in [5, 5.41) is 0. The van der Waals surface area contributed by atoms with Crippen molar-refractivity contribution in [3.8, 4) is 0 Å². The zero-order valence-electron chi connectivity index (χ0n) is 4.74. The monoisotopic (exact) mass is 336 g/mol. The van der Waals surface area contributed by atoms with Gasteiger partial charge in [-0.25, -0.2) is 0 Å². The first-order valence-corrected chi connectivity index (χ1v) is 5.56. The average Bonchev–Trinajstić information content (AvgIpc) is 1.77. The van der Waals surface area contributed by atoms with Crippen molar-refractivity contribution in [1.82, 2.24) is 0 Å². The Labute approximate surface area is 78.1 Å². The summed E-state index contributed by atoms with van der Waals surface area (Å²) in [4.78, 5) is 0. The Balaban J connectivity index is 2.19. The summed E-state index contributed by atoms with van der Waals surface area (Å²) in [5.41, 5.74) is 0. The summed E-state index contributed by atoms with van der Waals surface area (Å²) < 4.78 is 1.97. The van der Waals surface area contributed by atoms with Crippen molar-refractivity contribution >= 4 is 45.2 Å². The first kappa shape index (κ1) is 7.57. The topological polar surface area (TPSA) is 0 Å². The Morgan fingerprint density at radius 3 is 1.25 bits per heavy atom. The van der Waals surface area contributed by atoms with E-state index in [0.717, 1.165) is 7.85 Å². The second-order valence-corrected chi connectivity index (χ2v) is 5.87. The fourth-order valence-electron chi connectivity index (χ4n) is 1.01. The van der Waals surface area contributed by atoms with E-state index in [0.29, 0.717) is 0 Å². The maximum Gasteiger partial charge on any atom is 0.0110 e. The molecular formula is C6H10I2. The van der Waals surface area contributed by atoms with Crippen LogP contribution in [-0.2, 0) is 0 Å². The van der Waals surface area contributed by atoms with Gasteiger partial charge in [0, 0.05) is 7.85 Å². The van der Waals surface area contributed by atoms with E-state index < -0.39 is 0 Å². The van der Waals surface area contributed by atoms with Gasteiger partial charge >= 0.3 is 0 Å². The fourth-order valence-corrected chi connectivity index (χ4v) is 2.45. The van der Waals surface area contributed by atoms with Crippen LogP contribution >= 0.6 is 45.2 Å². The van der Waals surface area contributed by atoms with Crippen LogP contribution in [0.5, 0.6) is 0 Å². The average molecular weight is 336 g/mol. The number of rotatable bonds is 0. The minimum atomic E-state index is 0.985. The van der Waals surface area contributed by atoms with Crippen LogP contribution in [0.4, 0.5) is 0 Å². The Morgan fingerprint density at radius 2 is 1.00 bits per heavy atom. The number of alkyl halides is 2. The van der Waals surface area contributed by atoms with Gasteiger partial charge in [0.25, 0.3) is 0 Å². The van der Waals surface area contributed by atoms with Gasteiger partial charge in [0.15, 0.2) is 0 Å². The van der Waals surface area contributed by atoms with E-state index in [1.165, 1.54) is 25.7 Å². The summed E-state index contributed by atoms with van der Waals surface area (Å²) in [6.45, 7) is 0. The zero-order valence-corrected chi connectivity index (χ0v) is 9.05. The summed E-state index contributed by atoms with van der Waals surface area (Å²) in [6, 6.07) is 0. The molecule has 0 amide bonds. The molecule has 1 aliphatic rings. The van der Waals surface area contributed by atoms with E-state index in [9.17, 15) is 0 Å². The smallest absolute Gasteiger partial charge is 0.0110 e. The molecule has 1 fully saturated rings. The molecule has 0 heterocycles. The van der Waals surface area contributed by atoms with E-state index in [1.54, 1.807) is 0 Å². The second-order valence-electron chi connectivity index (χ2n) is 2.35. The summed E-state index contributed by atoms with van der Waals surface area (Å²) in [7, 11) is 0. The summed E-state index contributed by atoms with van der Waals surface area (Å²) in [6.07, 6.45) is 5.81. The Bertz CT molecular complexity index is 54.9. The molecule has 48 valence electrons. The third-order valence-electron chi connectivity index (χ3n) is 1.59. The van der Waals surface area contributed by atoms with Gasteiger partial charge in [0.1, 0.15) is 0 Å².